The van der Waals surface area contributed by atoms with Gasteiger partial charge in [-0.1, -0.05) is 6.07 Å². The van der Waals surface area contributed by atoms with Gasteiger partial charge in [-0.25, -0.2) is 4.79 Å². The maximum Gasteiger partial charge on any atom is 0.339 e. The highest BCUT2D eigenvalue weighted by molar-refractivity contribution is 5.91. The maximum absolute atomic E-state index is 11.1. The van der Waals surface area contributed by atoms with E-state index in [0.29, 0.717) is 5.69 Å². The summed E-state index contributed by atoms with van der Waals surface area (Å²) in [5, 5.41) is 9.06. The van der Waals surface area contributed by atoms with Crippen LogP contribution in [0.5, 0.6) is 5.75 Å². The fourth-order valence-electron chi connectivity index (χ4n) is 1.67. The van der Waals surface area contributed by atoms with Crippen molar-refractivity contribution in [1.29, 1.82) is 0 Å². The van der Waals surface area contributed by atoms with E-state index in [9.17, 15) is 4.79 Å². The van der Waals surface area contributed by atoms with Crippen LogP contribution >= 0.6 is 0 Å². The molecule has 0 aliphatic heterocycles. The van der Waals surface area contributed by atoms with E-state index in [1.165, 1.54) is 18.2 Å². The van der Waals surface area contributed by atoms with E-state index < -0.39 is 5.97 Å². The first kappa shape index (κ1) is 12.9. The third-order valence-corrected chi connectivity index (χ3v) is 2.56. The van der Waals surface area contributed by atoms with E-state index in [-0.39, 0.29) is 17.9 Å². The van der Waals surface area contributed by atoms with E-state index in [4.69, 9.17) is 15.6 Å². The summed E-state index contributed by atoms with van der Waals surface area (Å²) in [6, 6.07) is 10.0. The van der Waals surface area contributed by atoms with Crippen LogP contribution in [0.2, 0.25) is 0 Å². The molecule has 1 aromatic heterocycles. The van der Waals surface area contributed by atoms with Crippen molar-refractivity contribution in [3.63, 3.8) is 0 Å². The fraction of sp³-hybridized carbons (Fsp3) is 0.143. The molecule has 19 heavy (non-hydrogen) atoms. The van der Waals surface area contributed by atoms with Gasteiger partial charge in [0, 0.05) is 17.4 Å². The zero-order chi connectivity index (χ0) is 13.8. The standard InChI is InChI=1S/C14H14N2O3/c1-9-3-2-4-11(16-9)8-19-13-7-10(15)5-6-12(13)14(17)18/h2-7H,8,15H2,1H3,(H,17,18). The van der Waals surface area contributed by atoms with E-state index in [2.05, 4.69) is 4.98 Å². The van der Waals surface area contributed by atoms with Gasteiger partial charge in [-0.05, 0) is 31.2 Å². The van der Waals surface area contributed by atoms with Crippen molar-refractivity contribution in [2.75, 3.05) is 5.73 Å². The Morgan fingerprint density at radius 1 is 1.37 bits per heavy atom. The van der Waals surface area contributed by atoms with E-state index in [1.54, 1.807) is 0 Å². The van der Waals surface area contributed by atoms with Gasteiger partial charge in [0.05, 0.1) is 5.69 Å². The van der Waals surface area contributed by atoms with Crippen LogP contribution in [0.4, 0.5) is 5.69 Å². The molecule has 0 saturated carbocycles. The molecule has 0 bridgehead atoms. The van der Waals surface area contributed by atoms with E-state index in [0.717, 1.165) is 11.4 Å². The lowest BCUT2D eigenvalue weighted by molar-refractivity contribution is 0.0691. The first-order valence-electron chi connectivity index (χ1n) is 5.74. The number of rotatable bonds is 4. The van der Waals surface area contributed by atoms with Gasteiger partial charge in [0.2, 0.25) is 0 Å². The van der Waals surface area contributed by atoms with Crippen molar-refractivity contribution in [3.8, 4) is 5.75 Å². The van der Waals surface area contributed by atoms with Crippen LogP contribution in [0, 0.1) is 6.92 Å². The van der Waals surface area contributed by atoms with Gasteiger partial charge < -0.3 is 15.6 Å². The quantitative estimate of drug-likeness (QED) is 0.821. The number of hydrogen-bond acceptors (Lipinski definition) is 4. The van der Waals surface area contributed by atoms with Crippen molar-refractivity contribution >= 4 is 11.7 Å². The summed E-state index contributed by atoms with van der Waals surface area (Å²) in [6.45, 7) is 2.08. The highest BCUT2D eigenvalue weighted by atomic mass is 16.5. The number of carboxylic acid groups (broad SMARTS) is 1. The first-order valence-corrected chi connectivity index (χ1v) is 5.74. The third kappa shape index (κ3) is 3.22. The molecule has 0 amide bonds. The van der Waals surface area contributed by atoms with Crippen LogP contribution in [0.15, 0.2) is 36.4 Å². The molecule has 2 rings (SSSR count). The minimum absolute atomic E-state index is 0.0850. The Morgan fingerprint density at radius 2 is 2.16 bits per heavy atom. The molecule has 5 nitrogen and oxygen atoms in total. The molecule has 0 aliphatic carbocycles. The van der Waals surface area contributed by atoms with Gasteiger partial charge in [0.25, 0.3) is 0 Å². The Labute approximate surface area is 110 Å². The fourth-order valence-corrected chi connectivity index (χ4v) is 1.67. The minimum atomic E-state index is -1.05. The molecule has 5 heteroatoms. The van der Waals surface area contributed by atoms with Gasteiger partial charge in [0.15, 0.2) is 0 Å². The maximum atomic E-state index is 11.1. The predicted molar refractivity (Wildman–Crippen MR) is 71.1 cm³/mol. The number of benzene rings is 1. The number of nitrogen functional groups attached to an aromatic ring is 1. The van der Waals surface area contributed by atoms with Crippen molar-refractivity contribution < 1.29 is 14.6 Å². The second kappa shape index (κ2) is 5.39. The first-order chi connectivity index (χ1) is 9.06. The zero-order valence-electron chi connectivity index (χ0n) is 10.5. The number of aromatic nitrogens is 1. The van der Waals surface area contributed by atoms with Crippen molar-refractivity contribution in [2.24, 2.45) is 0 Å². The van der Waals surface area contributed by atoms with Crippen LogP contribution in [0.3, 0.4) is 0 Å². The molecular weight excluding hydrogens is 244 g/mol. The number of ether oxygens (including phenoxy) is 1. The van der Waals surface area contributed by atoms with Gasteiger partial charge in [-0.3, -0.25) is 4.98 Å². The molecule has 0 aliphatic rings. The Hall–Kier alpha value is -2.56. The number of carboxylic acids is 1. The average Bonchev–Trinajstić information content (AvgIpc) is 2.36. The molecule has 98 valence electrons. The van der Waals surface area contributed by atoms with Crippen molar-refractivity contribution in [3.05, 3.63) is 53.3 Å². The number of aromatic carboxylic acids is 1. The van der Waals surface area contributed by atoms with Crippen LogP contribution in [0.25, 0.3) is 0 Å². The monoisotopic (exact) mass is 258 g/mol. The molecule has 0 radical (unpaired) electrons. The SMILES string of the molecule is Cc1cccc(COc2cc(N)ccc2C(=O)O)n1. The lowest BCUT2D eigenvalue weighted by atomic mass is 10.2. The average molecular weight is 258 g/mol. The molecular formula is C14H14N2O3. The summed E-state index contributed by atoms with van der Waals surface area (Å²) in [7, 11) is 0. The molecule has 1 aromatic carbocycles. The molecule has 0 fully saturated rings. The zero-order valence-corrected chi connectivity index (χ0v) is 10.5. The molecule has 0 saturated heterocycles. The Balaban J connectivity index is 2.19. The van der Waals surface area contributed by atoms with Crippen LogP contribution < -0.4 is 10.5 Å². The summed E-state index contributed by atoms with van der Waals surface area (Å²) in [5.74, 6) is -0.803. The normalized spacial score (nSPS) is 10.2. The molecule has 0 unspecified atom stereocenters. The summed E-state index contributed by atoms with van der Waals surface area (Å²) in [4.78, 5) is 15.3. The van der Waals surface area contributed by atoms with Crippen molar-refractivity contribution in [2.45, 2.75) is 13.5 Å². The molecule has 2 aromatic rings. The summed E-state index contributed by atoms with van der Waals surface area (Å²) >= 11 is 0. The van der Waals surface area contributed by atoms with Gasteiger partial charge >= 0.3 is 5.97 Å². The number of nitrogens with zero attached hydrogens (tertiary/aromatic N) is 1. The van der Waals surface area contributed by atoms with E-state index in [1.807, 2.05) is 25.1 Å². The summed E-state index contributed by atoms with van der Waals surface area (Å²) in [6.07, 6.45) is 0. The topological polar surface area (TPSA) is 85.4 Å². The number of hydrogen-bond donors (Lipinski definition) is 2. The summed E-state index contributed by atoms with van der Waals surface area (Å²) in [5.41, 5.74) is 7.79. The smallest absolute Gasteiger partial charge is 0.339 e. The number of anilines is 1. The molecule has 0 spiro atoms. The largest absolute Gasteiger partial charge is 0.486 e. The molecule has 1 heterocycles. The van der Waals surface area contributed by atoms with Crippen LogP contribution in [0.1, 0.15) is 21.7 Å². The van der Waals surface area contributed by atoms with Gasteiger partial charge in [-0.15, -0.1) is 0 Å². The van der Waals surface area contributed by atoms with Crippen molar-refractivity contribution in [1.82, 2.24) is 4.98 Å². The predicted octanol–water partition coefficient (Wildman–Crippen LogP) is 2.25. The second-order valence-electron chi connectivity index (χ2n) is 4.12. The summed E-state index contributed by atoms with van der Waals surface area (Å²) < 4.78 is 5.50. The highest BCUT2D eigenvalue weighted by Crippen LogP contribution is 2.22. The number of pyridine rings is 1. The highest BCUT2D eigenvalue weighted by Gasteiger charge is 2.11. The van der Waals surface area contributed by atoms with Gasteiger partial charge in [-0.2, -0.15) is 0 Å². The Kier molecular flexibility index (Phi) is 3.66. The lowest BCUT2D eigenvalue weighted by Gasteiger charge is -2.09. The number of carbonyl (C=O) groups is 1. The van der Waals surface area contributed by atoms with Crippen LogP contribution in [-0.4, -0.2) is 16.1 Å². The minimum Gasteiger partial charge on any atom is -0.486 e. The number of aryl methyl sites for hydroxylation is 1. The lowest BCUT2D eigenvalue weighted by Crippen LogP contribution is -2.05. The number of nitrogens with two attached hydrogens (primary N) is 1. The second-order valence-corrected chi connectivity index (χ2v) is 4.12. The Morgan fingerprint density at radius 3 is 2.84 bits per heavy atom. The van der Waals surface area contributed by atoms with Gasteiger partial charge in [0.1, 0.15) is 17.9 Å². The third-order valence-electron chi connectivity index (χ3n) is 2.56. The Bertz CT molecular complexity index is 611. The molecule has 0 atom stereocenters. The molecule has 3 N–H and O–H groups in total. The van der Waals surface area contributed by atoms with E-state index >= 15 is 0 Å². The van der Waals surface area contributed by atoms with Crippen LogP contribution in [-0.2, 0) is 6.61 Å².